The molecule has 2 unspecified atom stereocenters. The summed E-state index contributed by atoms with van der Waals surface area (Å²) in [6, 6.07) is -0.868. The number of carboxylic acids is 1. The number of hydrogen-bond acceptors (Lipinski definition) is 4. The molecule has 0 spiro atoms. The Morgan fingerprint density at radius 1 is 1.30 bits per heavy atom. The van der Waals surface area contributed by atoms with Gasteiger partial charge in [-0.25, -0.2) is 13.2 Å². The average Bonchev–Trinajstić information content (AvgIpc) is 2.66. The van der Waals surface area contributed by atoms with Gasteiger partial charge in [0, 0.05) is 6.54 Å². The van der Waals surface area contributed by atoms with E-state index in [9.17, 15) is 23.1 Å². The number of carboxylic acid groups (broad SMARTS) is 1. The number of aliphatic carboxylic acids is 1. The van der Waals surface area contributed by atoms with Crippen LogP contribution >= 0.6 is 0 Å². The second-order valence-electron chi connectivity index (χ2n) is 6.46. The first kappa shape index (κ1) is 15.3. The van der Waals surface area contributed by atoms with Crippen molar-refractivity contribution in [1.82, 2.24) is 4.90 Å². The summed E-state index contributed by atoms with van der Waals surface area (Å²) < 4.78 is 23.0. The zero-order valence-electron chi connectivity index (χ0n) is 11.8. The molecule has 20 heavy (non-hydrogen) atoms. The minimum Gasteiger partial charge on any atom is -0.480 e. The first-order valence-electron chi connectivity index (χ1n) is 6.88. The second kappa shape index (κ2) is 5.02. The van der Waals surface area contributed by atoms with E-state index in [-0.39, 0.29) is 17.4 Å². The number of likely N-dealkylation sites (tertiary alicyclic amines) is 1. The minimum atomic E-state index is -3.14. The lowest BCUT2D eigenvalue weighted by molar-refractivity contribution is -0.160. The van der Waals surface area contributed by atoms with Gasteiger partial charge >= 0.3 is 5.97 Å². The Morgan fingerprint density at radius 2 is 1.95 bits per heavy atom. The van der Waals surface area contributed by atoms with E-state index >= 15 is 0 Å². The summed E-state index contributed by atoms with van der Waals surface area (Å²) in [7, 11) is -3.14. The molecule has 0 aromatic carbocycles. The van der Waals surface area contributed by atoms with Crippen molar-refractivity contribution in [3.63, 3.8) is 0 Å². The van der Waals surface area contributed by atoms with Gasteiger partial charge in [-0.1, -0.05) is 13.8 Å². The Balaban J connectivity index is 2.21. The zero-order chi connectivity index (χ0) is 15.1. The van der Waals surface area contributed by atoms with Crippen molar-refractivity contribution < 1.29 is 23.1 Å². The highest BCUT2D eigenvalue weighted by Gasteiger charge is 2.47. The number of rotatable bonds is 2. The van der Waals surface area contributed by atoms with Gasteiger partial charge < -0.3 is 10.0 Å². The van der Waals surface area contributed by atoms with Crippen LogP contribution in [0, 0.1) is 11.3 Å². The number of carbonyl (C=O) groups excluding carboxylic acids is 1. The molecule has 0 aliphatic carbocycles. The van der Waals surface area contributed by atoms with Crippen LogP contribution in [0.2, 0.25) is 0 Å². The molecule has 1 N–H and O–H groups in total. The first-order valence-corrected chi connectivity index (χ1v) is 8.70. The lowest BCUT2D eigenvalue weighted by atomic mass is 9.76. The fraction of sp³-hybridized carbons (Fsp3) is 0.846. The van der Waals surface area contributed by atoms with E-state index in [4.69, 9.17) is 0 Å². The third kappa shape index (κ3) is 2.82. The highest BCUT2D eigenvalue weighted by atomic mass is 32.2. The first-order chi connectivity index (χ1) is 9.14. The third-order valence-corrected chi connectivity index (χ3v) is 6.14. The maximum atomic E-state index is 12.5. The Hall–Kier alpha value is -1.11. The number of hydrogen-bond donors (Lipinski definition) is 1. The molecule has 2 aliphatic rings. The van der Waals surface area contributed by atoms with Gasteiger partial charge in [0.05, 0.1) is 17.4 Å². The molecule has 7 heteroatoms. The van der Waals surface area contributed by atoms with Crippen molar-refractivity contribution in [3.05, 3.63) is 0 Å². The third-order valence-electron chi connectivity index (χ3n) is 4.37. The van der Waals surface area contributed by atoms with Crippen LogP contribution < -0.4 is 0 Å². The predicted octanol–water partition coefficient (Wildman–Crippen LogP) is 0.523. The number of nitrogens with zero attached hydrogens (tertiary/aromatic N) is 1. The van der Waals surface area contributed by atoms with E-state index in [1.165, 1.54) is 4.90 Å². The maximum absolute atomic E-state index is 12.5. The fourth-order valence-electron chi connectivity index (χ4n) is 3.32. The van der Waals surface area contributed by atoms with Crippen molar-refractivity contribution >= 4 is 21.7 Å². The molecule has 0 aromatic heterocycles. The summed E-state index contributed by atoms with van der Waals surface area (Å²) in [5.41, 5.74) is -0.489. The molecule has 0 aromatic rings. The van der Waals surface area contributed by atoms with Crippen molar-refractivity contribution in [1.29, 1.82) is 0 Å². The zero-order valence-corrected chi connectivity index (χ0v) is 12.6. The summed E-state index contributed by atoms with van der Waals surface area (Å²) in [6.07, 6.45) is 1.81. The molecule has 2 fully saturated rings. The van der Waals surface area contributed by atoms with Crippen LogP contribution in [0.15, 0.2) is 0 Å². The van der Waals surface area contributed by atoms with Gasteiger partial charge in [0.25, 0.3) is 0 Å². The van der Waals surface area contributed by atoms with Crippen LogP contribution in [0.1, 0.15) is 33.1 Å². The number of piperidine rings is 1. The van der Waals surface area contributed by atoms with Crippen LogP contribution in [-0.4, -0.2) is 54.4 Å². The van der Waals surface area contributed by atoms with E-state index < -0.39 is 33.2 Å². The molecule has 2 atom stereocenters. The van der Waals surface area contributed by atoms with Gasteiger partial charge in [-0.15, -0.1) is 0 Å². The summed E-state index contributed by atoms with van der Waals surface area (Å²) in [4.78, 5) is 25.4. The second-order valence-corrected chi connectivity index (χ2v) is 8.69. The monoisotopic (exact) mass is 303 g/mol. The van der Waals surface area contributed by atoms with Crippen molar-refractivity contribution in [2.45, 2.75) is 39.2 Å². The van der Waals surface area contributed by atoms with Gasteiger partial charge in [0.15, 0.2) is 9.84 Å². The molecule has 114 valence electrons. The Morgan fingerprint density at radius 3 is 2.45 bits per heavy atom. The smallest absolute Gasteiger partial charge is 0.326 e. The van der Waals surface area contributed by atoms with Crippen LogP contribution in [0.5, 0.6) is 0 Å². The normalized spacial score (nSPS) is 32.0. The average molecular weight is 303 g/mol. The highest BCUT2D eigenvalue weighted by Crippen LogP contribution is 2.36. The molecule has 1 amide bonds. The highest BCUT2D eigenvalue weighted by molar-refractivity contribution is 7.91. The SMILES string of the molecule is CC1(C)CCCN(C(=O)C2CCS(=O)(=O)C2)C1C(=O)O. The largest absolute Gasteiger partial charge is 0.480 e. The van der Waals surface area contributed by atoms with Gasteiger partial charge in [-0.3, -0.25) is 4.79 Å². The van der Waals surface area contributed by atoms with E-state index in [0.29, 0.717) is 13.0 Å². The summed E-state index contributed by atoms with van der Waals surface area (Å²) in [5, 5.41) is 9.43. The van der Waals surface area contributed by atoms with E-state index in [0.717, 1.165) is 12.8 Å². The van der Waals surface area contributed by atoms with Crippen LogP contribution in [0.25, 0.3) is 0 Å². The lowest BCUT2D eigenvalue weighted by Crippen LogP contribution is -2.57. The Bertz CT molecular complexity index is 525. The number of sulfone groups is 1. The van der Waals surface area contributed by atoms with Gasteiger partial charge in [0.1, 0.15) is 6.04 Å². The molecule has 0 saturated carbocycles. The quantitative estimate of drug-likeness (QED) is 0.803. The topological polar surface area (TPSA) is 91.8 Å². The molecule has 6 nitrogen and oxygen atoms in total. The van der Waals surface area contributed by atoms with Crippen molar-refractivity contribution in [3.8, 4) is 0 Å². The standard InChI is InChI=1S/C13H21NO5S/c1-13(2)5-3-6-14(10(13)12(16)17)11(15)9-4-7-20(18,19)8-9/h9-10H,3-8H2,1-2H3,(H,16,17). The molecule has 2 heterocycles. The number of carbonyl (C=O) groups is 2. The van der Waals surface area contributed by atoms with E-state index in [2.05, 4.69) is 0 Å². The number of amides is 1. The van der Waals surface area contributed by atoms with Gasteiger partial charge in [0.2, 0.25) is 5.91 Å². The Labute approximate surface area is 119 Å². The van der Waals surface area contributed by atoms with Gasteiger partial charge in [-0.2, -0.15) is 0 Å². The van der Waals surface area contributed by atoms with Gasteiger partial charge in [-0.05, 0) is 24.7 Å². The summed E-state index contributed by atoms with van der Waals surface area (Å²) in [6.45, 7) is 4.09. The molecule has 0 radical (unpaired) electrons. The van der Waals surface area contributed by atoms with Crippen LogP contribution in [0.3, 0.4) is 0 Å². The Kier molecular flexibility index (Phi) is 3.83. The van der Waals surface area contributed by atoms with Crippen LogP contribution in [0.4, 0.5) is 0 Å². The van der Waals surface area contributed by atoms with Crippen molar-refractivity contribution in [2.75, 3.05) is 18.1 Å². The molecular formula is C13H21NO5S. The van der Waals surface area contributed by atoms with E-state index in [1.807, 2.05) is 13.8 Å². The van der Waals surface area contributed by atoms with Crippen molar-refractivity contribution in [2.24, 2.45) is 11.3 Å². The lowest BCUT2D eigenvalue weighted by Gasteiger charge is -2.44. The molecule has 2 rings (SSSR count). The molecule has 2 aliphatic heterocycles. The van der Waals surface area contributed by atoms with Crippen LogP contribution in [-0.2, 0) is 19.4 Å². The minimum absolute atomic E-state index is 0.0262. The van der Waals surface area contributed by atoms with E-state index in [1.54, 1.807) is 0 Å². The molecule has 0 bridgehead atoms. The maximum Gasteiger partial charge on any atom is 0.326 e. The summed E-state index contributed by atoms with van der Waals surface area (Å²) in [5.74, 6) is -2.01. The fourth-order valence-corrected chi connectivity index (χ4v) is 5.05. The molecular weight excluding hydrogens is 282 g/mol. The molecule has 2 saturated heterocycles. The summed E-state index contributed by atoms with van der Waals surface area (Å²) >= 11 is 0. The predicted molar refractivity (Wildman–Crippen MR) is 72.9 cm³/mol.